The Hall–Kier alpha value is -1.59. The average molecular weight is 292 g/mol. The third kappa shape index (κ3) is 3.04. The van der Waals surface area contributed by atoms with E-state index in [2.05, 4.69) is 19.8 Å². The normalized spacial score (nSPS) is 21.3. The third-order valence-corrected chi connectivity index (χ3v) is 4.89. The lowest BCUT2D eigenvalue weighted by atomic mass is 9.88. The fourth-order valence-corrected chi connectivity index (χ4v) is 3.81. The Kier molecular flexibility index (Phi) is 4.41. The van der Waals surface area contributed by atoms with Crippen molar-refractivity contribution in [3.05, 3.63) is 5.69 Å². The Bertz CT molecular complexity index is 458. The van der Waals surface area contributed by atoms with E-state index < -0.39 is 0 Å². The van der Waals surface area contributed by atoms with E-state index in [9.17, 15) is 4.79 Å². The summed E-state index contributed by atoms with van der Waals surface area (Å²) in [4.78, 5) is 15.0. The summed E-state index contributed by atoms with van der Waals surface area (Å²) in [5, 5.41) is 7.28. The van der Waals surface area contributed by atoms with Crippen molar-refractivity contribution in [3.63, 3.8) is 0 Å². The lowest BCUT2D eigenvalue weighted by Crippen LogP contribution is -2.49. The van der Waals surface area contributed by atoms with Gasteiger partial charge in [-0.3, -0.25) is 4.79 Å². The van der Waals surface area contributed by atoms with Crippen LogP contribution in [0.5, 0.6) is 0 Å². The molecular weight excluding hydrogens is 268 g/mol. The van der Waals surface area contributed by atoms with Gasteiger partial charge >= 0.3 is 0 Å². The molecule has 6 heteroatoms. The first-order chi connectivity index (χ1) is 10.3. The van der Waals surface area contributed by atoms with Gasteiger partial charge in [0, 0.05) is 12.1 Å². The molecule has 2 aliphatic rings. The van der Waals surface area contributed by atoms with Gasteiger partial charge in [-0.15, -0.1) is 0 Å². The predicted octanol–water partition coefficient (Wildman–Crippen LogP) is 2.76. The van der Waals surface area contributed by atoms with Crippen LogP contribution in [0.3, 0.4) is 0 Å². The van der Waals surface area contributed by atoms with Crippen LogP contribution in [0.2, 0.25) is 0 Å². The molecule has 0 aromatic carbocycles. The van der Waals surface area contributed by atoms with E-state index in [1.165, 1.54) is 38.5 Å². The summed E-state index contributed by atoms with van der Waals surface area (Å²) in [6, 6.07) is 0.649. The minimum atomic E-state index is -0.0902. The second kappa shape index (κ2) is 6.45. The van der Waals surface area contributed by atoms with E-state index in [1.54, 1.807) is 0 Å². The minimum absolute atomic E-state index is 0.0902. The van der Waals surface area contributed by atoms with Crippen molar-refractivity contribution in [1.29, 1.82) is 0 Å². The quantitative estimate of drug-likeness (QED) is 0.925. The molecule has 2 saturated carbocycles. The second-order valence-corrected chi connectivity index (χ2v) is 6.29. The standard InChI is InChI=1S/C15H24N4O2/c16-14-13(17-21-18-14)15(20)19(11-7-3-1-4-8-11)12-9-5-2-6-10-12/h11-12H,1-10H2,(H2,16,18). The molecule has 0 radical (unpaired) electrons. The Balaban J connectivity index is 1.83. The lowest BCUT2D eigenvalue weighted by molar-refractivity contribution is 0.0439. The molecule has 3 rings (SSSR count). The number of carbonyl (C=O) groups is 1. The first kappa shape index (κ1) is 14.4. The number of amides is 1. The van der Waals surface area contributed by atoms with E-state index in [-0.39, 0.29) is 17.4 Å². The highest BCUT2D eigenvalue weighted by Crippen LogP contribution is 2.31. The highest BCUT2D eigenvalue weighted by molar-refractivity contribution is 5.96. The van der Waals surface area contributed by atoms with Crippen molar-refractivity contribution in [2.45, 2.75) is 76.3 Å². The molecule has 1 aromatic heterocycles. The van der Waals surface area contributed by atoms with Gasteiger partial charge in [-0.1, -0.05) is 38.5 Å². The van der Waals surface area contributed by atoms with Crippen LogP contribution in [0, 0.1) is 0 Å². The Morgan fingerprint density at radius 2 is 1.48 bits per heavy atom. The number of carbonyl (C=O) groups excluding carboxylic acids is 1. The zero-order valence-electron chi connectivity index (χ0n) is 12.5. The molecular formula is C15H24N4O2. The highest BCUT2D eigenvalue weighted by Gasteiger charge is 2.35. The van der Waals surface area contributed by atoms with Gasteiger partial charge < -0.3 is 10.6 Å². The summed E-state index contributed by atoms with van der Waals surface area (Å²) in [6.45, 7) is 0. The van der Waals surface area contributed by atoms with Gasteiger partial charge in [-0.05, 0) is 36.0 Å². The molecule has 0 aliphatic heterocycles. The summed E-state index contributed by atoms with van der Waals surface area (Å²) in [6.07, 6.45) is 11.7. The Labute approximate surface area is 125 Å². The van der Waals surface area contributed by atoms with E-state index in [1.807, 2.05) is 0 Å². The first-order valence-corrected chi connectivity index (χ1v) is 8.18. The topological polar surface area (TPSA) is 85.2 Å². The van der Waals surface area contributed by atoms with Crippen LogP contribution < -0.4 is 5.73 Å². The minimum Gasteiger partial charge on any atom is -0.379 e. The van der Waals surface area contributed by atoms with Crippen molar-refractivity contribution >= 4 is 11.7 Å². The zero-order valence-corrected chi connectivity index (χ0v) is 12.5. The molecule has 0 spiro atoms. The third-order valence-electron chi connectivity index (χ3n) is 4.89. The molecule has 2 fully saturated rings. The van der Waals surface area contributed by atoms with Crippen LogP contribution in [0.1, 0.15) is 74.7 Å². The van der Waals surface area contributed by atoms with Crippen LogP contribution in [0.25, 0.3) is 0 Å². The maximum absolute atomic E-state index is 12.9. The molecule has 1 aromatic rings. The molecule has 0 atom stereocenters. The summed E-state index contributed by atoms with van der Waals surface area (Å²) < 4.78 is 4.62. The summed E-state index contributed by atoms with van der Waals surface area (Å²) in [5.74, 6) is 0.0177. The molecule has 2 aliphatic carbocycles. The summed E-state index contributed by atoms with van der Waals surface area (Å²) >= 11 is 0. The van der Waals surface area contributed by atoms with Gasteiger partial charge in [0.25, 0.3) is 5.91 Å². The van der Waals surface area contributed by atoms with Crippen LogP contribution in [0.4, 0.5) is 5.82 Å². The number of anilines is 1. The highest BCUT2D eigenvalue weighted by atomic mass is 16.6. The molecule has 2 N–H and O–H groups in total. The van der Waals surface area contributed by atoms with Crippen LogP contribution in [0.15, 0.2) is 4.63 Å². The average Bonchev–Trinajstić information content (AvgIpc) is 2.96. The van der Waals surface area contributed by atoms with Crippen molar-refractivity contribution in [2.75, 3.05) is 5.73 Å². The monoisotopic (exact) mass is 292 g/mol. The number of rotatable bonds is 3. The molecule has 0 unspecified atom stereocenters. The first-order valence-electron chi connectivity index (χ1n) is 8.18. The van der Waals surface area contributed by atoms with Gasteiger partial charge in [0.15, 0.2) is 0 Å². The Morgan fingerprint density at radius 3 is 1.90 bits per heavy atom. The van der Waals surface area contributed by atoms with Crippen molar-refractivity contribution < 1.29 is 9.42 Å². The van der Waals surface area contributed by atoms with E-state index in [4.69, 9.17) is 5.73 Å². The van der Waals surface area contributed by atoms with E-state index >= 15 is 0 Å². The maximum Gasteiger partial charge on any atom is 0.280 e. The summed E-state index contributed by atoms with van der Waals surface area (Å²) in [7, 11) is 0. The van der Waals surface area contributed by atoms with Crippen LogP contribution >= 0.6 is 0 Å². The van der Waals surface area contributed by atoms with Crippen molar-refractivity contribution in [2.24, 2.45) is 0 Å². The maximum atomic E-state index is 12.9. The number of aromatic nitrogens is 2. The molecule has 0 bridgehead atoms. The number of nitrogens with two attached hydrogens (primary N) is 1. The lowest BCUT2D eigenvalue weighted by Gasteiger charge is -2.41. The smallest absolute Gasteiger partial charge is 0.280 e. The molecule has 1 amide bonds. The van der Waals surface area contributed by atoms with E-state index in [0.717, 1.165) is 25.7 Å². The SMILES string of the molecule is Nc1nonc1C(=O)N(C1CCCCC1)C1CCCCC1. The predicted molar refractivity (Wildman–Crippen MR) is 78.6 cm³/mol. The molecule has 1 heterocycles. The van der Waals surface area contributed by atoms with Crippen molar-refractivity contribution in [3.8, 4) is 0 Å². The molecule has 21 heavy (non-hydrogen) atoms. The van der Waals surface area contributed by atoms with Crippen molar-refractivity contribution in [1.82, 2.24) is 15.2 Å². The van der Waals surface area contributed by atoms with Gasteiger partial charge in [-0.25, -0.2) is 4.63 Å². The number of nitrogens with zero attached hydrogens (tertiary/aromatic N) is 3. The fourth-order valence-electron chi connectivity index (χ4n) is 3.81. The van der Waals surface area contributed by atoms with Gasteiger partial charge in [-0.2, -0.15) is 0 Å². The van der Waals surface area contributed by atoms with Crippen LogP contribution in [-0.4, -0.2) is 33.2 Å². The number of nitrogen functional groups attached to an aromatic ring is 1. The molecule has 116 valence electrons. The van der Waals surface area contributed by atoms with E-state index in [0.29, 0.717) is 12.1 Å². The Morgan fingerprint density at radius 1 is 0.952 bits per heavy atom. The van der Waals surface area contributed by atoms with Crippen LogP contribution in [-0.2, 0) is 0 Å². The molecule has 6 nitrogen and oxygen atoms in total. The second-order valence-electron chi connectivity index (χ2n) is 6.29. The molecule has 0 saturated heterocycles. The van der Waals surface area contributed by atoms with Gasteiger partial charge in [0.05, 0.1) is 0 Å². The number of hydrogen-bond donors (Lipinski definition) is 1. The fraction of sp³-hybridized carbons (Fsp3) is 0.800. The van der Waals surface area contributed by atoms with Gasteiger partial charge in [0.2, 0.25) is 11.5 Å². The zero-order chi connectivity index (χ0) is 14.7. The largest absolute Gasteiger partial charge is 0.379 e. The van der Waals surface area contributed by atoms with Gasteiger partial charge in [0.1, 0.15) is 0 Å². The number of hydrogen-bond acceptors (Lipinski definition) is 5. The summed E-state index contributed by atoms with van der Waals surface area (Å²) in [5.41, 5.74) is 5.91.